The highest BCUT2D eigenvalue weighted by Crippen LogP contribution is 2.38. The summed E-state index contributed by atoms with van der Waals surface area (Å²) in [6.07, 6.45) is -0.633. The number of nitriles is 1. The molecule has 5 aromatic carbocycles. The molecule has 0 fully saturated rings. The first kappa shape index (κ1) is 40.3. The summed E-state index contributed by atoms with van der Waals surface area (Å²) in [5.74, 6) is -1.19. The molecule has 3 heterocycles. The number of fused-ring (bicyclic) bond motifs is 2. The average molecular weight is 857 g/mol. The van der Waals surface area contributed by atoms with Gasteiger partial charge in [-0.05, 0) is 87.3 Å². The van der Waals surface area contributed by atoms with Crippen LogP contribution < -0.4 is 14.8 Å². The molecule has 13 heteroatoms. The summed E-state index contributed by atoms with van der Waals surface area (Å²) in [4.78, 5) is 56.0. The second-order valence-corrected chi connectivity index (χ2v) is 16.4. The third kappa shape index (κ3) is 8.77. The first-order chi connectivity index (χ1) is 29.0. The minimum Gasteiger partial charge on any atom is -0.489 e. The maximum absolute atomic E-state index is 14.1. The van der Waals surface area contributed by atoms with E-state index in [1.807, 2.05) is 42.5 Å². The Morgan fingerprint density at radius 3 is 2.27 bits per heavy atom. The number of hydrogen-bond acceptors (Lipinski definition) is 8. The zero-order valence-corrected chi connectivity index (χ0v) is 34.1. The summed E-state index contributed by atoms with van der Waals surface area (Å²) in [5, 5.41) is 24.7. The van der Waals surface area contributed by atoms with Gasteiger partial charge in [-0.3, -0.25) is 14.4 Å². The number of rotatable bonds is 11. The van der Waals surface area contributed by atoms with Crippen molar-refractivity contribution in [1.82, 2.24) is 10.2 Å². The third-order valence-electron chi connectivity index (χ3n) is 10.6. The van der Waals surface area contributed by atoms with Crippen molar-refractivity contribution in [2.24, 2.45) is 0 Å². The van der Waals surface area contributed by atoms with Crippen LogP contribution in [0, 0.1) is 11.3 Å². The smallest absolute Gasteiger partial charge is 0.326 e. The van der Waals surface area contributed by atoms with Crippen LogP contribution in [0.3, 0.4) is 0 Å². The fraction of sp³-hybridized carbons (Fsp3) is 0.170. The van der Waals surface area contributed by atoms with Crippen molar-refractivity contribution in [1.29, 1.82) is 5.26 Å². The summed E-state index contributed by atoms with van der Waals surface area (Å²) >= 11 is 13.4. The highest BCUT2D eigenvalue weighted by atomic mass is 35.5. The number of ether oxygens (including phenoxy) is 2. The van der Waals surface area contributed by atoms with Gasteiger partial charge in [0.25, 0.3) is 5.91 Å². The van der Waals surface area contributed by atoms with Gasteiger partial charge in [0.15, 0.2) is 11.9 Å². The lowest BCUT2D eigenvalue weighted by molar-refractivity contribution is -0.142. The van der Waals surface area contributed by atoms with Crippen molar-refractivity contribution >= 4 is 58.1 Å². The van der Waals surface area contributed by atoms with Crippen LogP contribution in [-0.2, 0) is 46.8 Å². The van der Waals surface area contributed by atoms with E-state index in [2.05, 4.69) is 11.4 Å². The number of carbonyl (C=O) groups excluding carboxylic acids is 3. The number of aliphatic carboxylic acids is 1. The van der Waals surface area contributed by atoms with Crippen LogP contribution in [0.2, 0.25) is 10.0 Å². The maximum atomic E-state index is 14.1. The largest absolute Gasteiger partial charge is 0.489 e. The van der Waals surface area contributed by atoms with Gasteiger partial charge in [0.2, 0.25) is 5.91 Å². The van der Waals surface area contributed by atoms with Crippen molar-refractivity contribution in [3.05, 3.63) is 175 Å². The molecule has 0 spiro atoms. The molecule has 10 nitrogen and oxygen atoms in total. The third-order valence-corrected chi connectivity index (χ3v) is 12.2. The van der Waals surface area contributed by atoms with Gasteiger partial charge in [0.05, 0.1) is 26.6 Å². The number of thiophene rings is 1. The standard InChI is InChI=1S/C47H35Cl2N3O7S/c48-37-16-7-29(18-38(37)49)26-58-36-14-12-32(13-15-36)44-41(53)22-34-20-33-21-40(52(25-35(33)23-42(34)59-44)46(55)43-2-1-17-60-43)45(54)51-39(47(56)57)19-27-3-8-30(9-4-27)31-10-5-28(24-50)6-11-31/h1-18,20,23,39-40,44H,19,21-22,25-26H2,(H,51,54)(H,56,57)/t39-,40-,44?/m0/s1. The summed E-state index contributed by atoms with van der Waals surface area (Å²) in [6.45, 7) is 0.346. The van der Waals surface area contributed by atoms with Crippen LogP contribution in [0.1, 0.15) is 54.7 Å². The molecule has 0 saturated heterocycles. The number of carboxylic acids is 1. The SMILES string of the molecule is N#Cc1ccc(-c2ccc(C[C@H](NC(=O)[C@@H]3Cc4cc5c(cc4CN3C(=O)c3cccs3)OC(c3ccc(OCc4ccc(Cl)c(Cl)c4)cc3)C(=O)C5)C(=O)O)cc2)cc1. The van der Waals surface area contributed by atoms with Gasteiger partial charge in [-0.25, -0.2) is 4.79 Å². The van der Waals surface area contributed by atoms with E-state index in [-0.39, 0.29) is 44.1 Å². The second kappa shape index (κ2) is 17.4. The Hall–Kier alpha value is -6.45. The fourth-order valence-electron chi connectivity index (χ4n) is 7.44. The number of halogens is 2. The Bertz CT molecular complexity index is 2640. The summed E-state index contributed by atoms with van der Waals surface area (Å²) in [6, 6.07) is 33.8. The number of carbonyl (C=O) groups is 4. The van der Waals surface area contributed by atoms with Crippen molar-refractivity contribution in [3.8, 4) is 28.7 Å². The van der Waals surface area contributed by atoms with Crippen molar-refractivity contribution < 1.29 is 33.8 Å². The van der Waals surface area contributed by atoms with Gasteiger partial charge in [-0.15, -0.1) is 11.3 Å². The van der Waals surface area contributed by atoms with Gasteiger partial charge in [0.1, 0.15) is 30.2 Å². The number of Topliss-reactive ketones (excluding diaryl/α,β-unsaturated/α-hetero) is 1. The molecule has 300 valence electrons. The monoisotopic (exact) mass is 855 g/mol. The molecule has 2 N–H and O–H groups in total. The number of amides is 2. The number of nitrogens with one attached hydrogen (secondary N) is 1. The molecule has 0 saturated carbocycles. The van der Waals surface area contributed by atoms with E-state index in [0.717, 1.165) is 27.8 Å². The van der Waals surface area contributed by atoms with Gasteiger partial charge in [0, 0.05) is 36.9 Å². The highest BCUT2D eigenvalue weighted by Gasteiger charge is 2.39. The first-order valence-corrected chi connectivity index (χ1v) is 20.6. The predicted octanol–water partition coefficient (Wildman–Crippen LogP) is 8.80. The van der Waals surface area contributed by atoms with E-state index in [4.69, 9.17) is 37.9 Å². The van der Waals surface area contributed by atoms with Crippen LogP contribution in [0.5, 0.6) is 11.5 Å². The number of nitrogens with zero attached hydrogens (tertiary/aromatic N) is 2. The van der Waals surface area contributed by atoms with Crippen molar-refractivity contribution in [3.63, 3.8) is 0 Å². The van der Waals surface area contributed by atoms with E-state index in [1.54, 1.807) is 78.2 Å². The minimum absolute atomic E-state index is 0.0134. The number of carboxylic acid groups (broad SMARTS) is 1. The number of ketones is 1. The number of benzene rings is 5. The van der Waals surface area contributed by atoms with E-state index < -0.39 is 30.1 Å². The first-order valence-electron chi connectivity index (χ1n) is 19.0. The molecule has 6 aromatic rings. The molecule has 1 unspecified atom stereocenters. The molecule has 60 heavy (non-hydrogen) atoms. The van der Waals surface area contributed by atoms with Crippen molar-refractivity contribution in [2.75, 3.05) is 0 Å². The lowest BCUT2D eigenvalue weighted by Crippen LogP contribution is -2.55. The predicted molar refractivity (Wildman–Crippen MR) is 227 cm³/mol. The second-order valence-electron chi connectivity index (χ2n) is 14.6. The quantitative estimate of drug-likeness (QED) is 0.132. The Labute approximate surface area is 359 Å². The maximum Gasteiger partial charge on any atom is 0.326 e. The average Bonchev–Trinajstić information content (AvgIpc) is 3.81. The normalized spacial score (nSPS) is 16.1. The van der Waals surface area contributed by atoms with Gasteiger partial charge in [-0.2, -0.15) is 5.26 Å². The molecule has 0 aliphatic carbocycles. The Balaban J connectivity index is 0.981. The summed E-state index contributed by atoms with van der Waals surface area (Å²) in [5.41, 5.74) is 6.76. The van der Waals surface area contributed by atoms with Crippen LogP contribution in [0.4, 0.5) is 0 Å². The van der Waals surface area contributed by atoms with Crippen LogP contribution >= 0.6 is 34.5 Å². The number of hydrogen-bond donors (Lipinski definition) is 2. The van der Waals surface area contributed by atoms with E-state index in [0.29, 0.717) is 48.7 Å². The molecule has 2 aliphatic heterocycles. The van der Waals surface area contributed by atoms with Crippen LogP contribution in [-0.4, -0.2) is 45.7 Å². The van der Waals surface area contributed by atoms with E-state index in [9.17, 15) is 24.3 Å². The fourth-order valence-corrected chi connectivity index (χ4v) is 8.44. The molecule has 2 aliphatic rings. The Morgan fingerprint density at radius 1 is 0.883 bits per heavy atom. The lowest BCUT2D eigenvalue weighted by Gasteiger charge is -2.37. The molecular formula is C47H35Cl2N3O7S. The zero-order valence-electron chi connectivity index (χ0n) is 31.8. The lowest BCUT2D eigenvalue weighted by atomic mass is 9.88. The van der Waals surface area contributed by atoms with E-state index in [1.165, 1.54) is 16.2 Å². The minimum atomic E-state index is -1.27. The molecule has 2 amide bonds. The van der Waals surface area contributed by atoms with Crippen LogP contribution in [0.25, 0.3) is 11.1 Å². The topological polar surface area (TPSA) is 146 Å². The molecular weight excluding hydrogens is 822 g/mol. The summed E-state index contributed by atoms with van der Waals surface area (Å²) < 4.78 is 12.2. The summed E-state index contributed by atoms with van der Waals surface area (Å²) in [7, 11) is 0. The molecule has 0 bridgehead atoms. The van der Waals surface area contributed by atoms with Crippen molar-refractivity contribution in [2.45, 2.75) is 50.6 Å². The Kier molecular flexibility index (Phi) is 11.7. The zero-order chi connectivity index (χ0) is 41.9. The van der Waals surface area contributed by atoms with Crippen LogP contribution in [0.15, 0.2) is 121 Å². The Morgan fingerprint density at radius 2 is 1.60 bits per heavy atom. The molecule has 3 atom stereocenters. The van der Waals surface area contributed by atoms with Gasteiger partial charge >= 0.3 is 5.97 Å². The molecule has 8 rings (SSSR count). The highest BCUT2D eigenvalue weighted by molar-refractivity contribution is 7.12. The van der Waals surface area contributed by atoms with Gasteiger partial charge < -0.3 is 24.8 Å². The van der Waals surface area contributed by atoms with E-state index >= 15 is 0 Å². The van der Waals surface area contributed by atoms with Gasteiger partial charge in [-0.1, -0.05) is 89.9 Å². The molecule has 0 radical (unpaired) electrons. The molecule has 1 aromatic heterocycles.